The van der Waals surface area contributed by atoms with Crippen LogP contribution in [0.15, 0.2) is 18.3 Å². The van der Waals surface area contributed by atoms with Crippen molar-refractivity contribution in [1.29, 1.82) is 0 Å². The number of carbonyl (C=O) groups is 1. The second kappa shape index (κ2) is 6.35. The molecule has 3 rings (SSSR count). The highest BCUT2D eigenvalue weighted by molar-refractivity contribution is 6.09. The van der Waals surface area contributed by atoms with E-state index in [-0.39, 0.29) is 11.7 Å². The number of nitrogens with two attached hydrogens (primary N) is 1. The molecule has 0 saturated heterocycles. The zero-order chi connectivity index (χ0) is 17.3. The molecule has 7 heteroatoms. The van der Waals surface area contributed by atoms with E-state index in [1.54, 1.807) is 26.0 Å². The third-order valence-corrected chi connectivity index (χ3v) is 4.13. The van der Waals surface area contributed by atoms with Crippen LogP contribution >= 0.6 is 0 Å². The maximum absolute atomic E-state index is 13.0. The summed E-state index contributed by atoms with van der Waals surface area (Å²) < 4.78 is 10.8. The molecule has 24 heavy (non-hydrogen) atoms. The molecule has 1 aliphatic rings. The van der Waals surface area contributed by atoms with Gasteiger partial charge in [-0.1, -0.05) is 0 Å². The average molecular weight is 328 g/mol. The number of anilines is 2. The predicted molar refractivity (Wildman–Crippen MR) is 90.7 cm³/mol. The number of hydrogen-bond acceptors (Lipinski definition) is 6. The molecule has 0 spiro atoms. The number of carbonyl (C=O) groups excluding carboxylic acids is 1. The fourth-order valence-electron chi connectivity index (χ4n) is 2.94. The highest BCUT2D eigenvalue weighted by Gasteiger charge is 2.28. The van der Waals surface area contributed by atoms with Crippen molar-refractivity contribution >= 4 is 17.4 Å². The lowest BCUT2D eigenvalue weighted by Gasteiger charge is -2.31. The van der Waals surface area contributed by atoms with Crippen molar-refractivity contribution in [2.24, 2.45) is 0 Å². The van der Waals surface area contributed by atoms with Gasteiger partial charge in [0.25, 0.3) is 5.91 Å². The molecular weight excluding hydrogens is 308 g/mol. The van der Waals surface area contributed by atoms with Gasteiger partial charge in [-0.05, 0) is 19.8 Å². The van der Waals surface area contributed by atoms with Crippen LogP contribution in [0.5, 0.6) is 11.5 Å². The van der Waals surface area contributed by atoms with Crippen LogP contribution < -0.4 is 20.1 Å². The second-order valence-electron chi connectivity index (χ2n) is 5.60. The maximum atomic E-state index is 13.0. The molecule has 1 aliphatic heterocycles. The maximum Gasteiger partial charge on any atom is 0.263 e. The van der Waals surface area contributed by atoms with Gasteiger partial charge in [0.15, 0.2) is 0 Å². The molecule has 1 amide bonds. The molecule has 1 aromatic carbocycles. The van der Waals surface area contributed by atoms with Crippen molar-refractivity contribution in [2.45, 2.75) is 19.8 Å². The van der Waals surface area contributed by atoms with E-state index in [1.165, 1.54) is 6.20 Å². The Morgan fingerprint density at radius 3 is 2.75 bits per heavy atom. The minimum Gasteiger partial charge on any atom is -0.497 e. The largest absolute Gasteiger partial charge is 0.497 e. The van der Waals surface area contributed by atoms with Crippen LogP contribution in [-0.2, 0) is 6.42 Å². The second-order valence-corrected chi connectivity index (χ2v) is 5.60. The van der Waals surface area contributed by atoms with Crippen molar-refractivity contribution in [2.75, 3.05) is 31.4 Å². The summed E-state index contributed by atoms with van der Waals surface area (Å²) in [6, 6.07) is 3.68. The molecule has 2 aromatic rings. The summed E-state index contributed by atoms with van der Waals surface area (Å²) in [7, 11) is 3.20. The fourth-order valence-corrected chi connectivity index (χ4v) is 2.94. The molecule has 1 aromatic heterocycles. The molecule has 2 N–H and O–H groups in total. The van der Waals surface area contributed by atoms with Gasteiger partial charge >= 0.3 is 0 Å². The first-order valence-electron chi connectivity index (χ1n) is 7.71. The van der Waals surface area contributed by atoms with Crippen LogP contribution in [-0.4, -0.2) is 36.6 Å². The Morgan fingerprint density at radius 2 is 2.08 bits per heavy atom. The number of nitrogens with zero attached hydrogens (tertiary/aromatic N) is 3. The lowest BCUT2D eigenvalue weighted by atomic mass is 9.99. The molecular formula is C17H20N4O3. The number of methoxy groups -OCH3 is 2. The molecule has 0 fully saturated rings. The van der Waals surface area contributed by atoms with Crippen LogP contribution in [0.2, 0.25) is 0 Å². The Morgan fingerprint density at radius 1 is 1.29 bits per heavy atom. The van der Waals surface area contributed by atoms with Crippen LogP contribution in [0.25, 0.3) is 0 Å². The smallest absolute Gasteiger partial charge is 0.263 e. The van der Waals surface area contributed by atoms with Gasteiger partial charge in [-0.3, -0.25) is 4.79 Å². The molecule has 0 aliphatic carbocycles. The van der Waals surface area contributed by atoms with Crippen molar-refractivity contribution in [3.8, 4) is 11.5 Å². The molecule has 0 radical (unpaired) electrons. The molecule has 0 saturated carbocycles. The highest BCUT2D eigenvalue weighted by Crippen LogP contribution is 2.39. The lowest BCUT2D eigenvalue weighted by molar-refractivity contribution is 0.0985. The molecule has 0 atom stereocenters. The zero-order valence-electron chi connectivity index (χ0n) is 14.0. The van der Waals surface area contributed by atoms with Crippen LogP contribution in [0.4, 0.5) is 11.5 Å². The van der Waals surface area contributed by atoms with Crippen LogP contribution in [0, 0.1) is 6.92 Å². The fraction of sp³-hybridized carbons (Fsp3) is 0.353. The monoisotopic (exact) mass is 328 g/mol. The van der Waals surface area contributed by atoms with E-state index in [0.717, 1.165) is 29.8 Å². The van der Waals surface area contributed by atoms with E-state index in [1.807, 2.05) is 12.1 Å². The predicted octanol–water partition coefficient (Wildman–Crippen LogP) is 1.98. The number of rotatable bonds is 3. The minimum absolute atomic E-state index is 0.189. The Balaban J connectivity index is 2.07. The van der Waals surface area contributed by atoms with Crippen molar-refractivity contribution < 1.29 is 14.3 Å². The molecule has 7 nitrogen and oxygen atoms in total. The quantitative estimate of drug-likeness (QED) is 0.926. The Hall–Kier alpha value is -2.83. The number of nitrogen functional groups attached to an aromatic ring is 1. The average Bonchev–Trinajstić information content (AvgIpc) is 2.59. The van der Waals surface area contributed by atoms with Gasteiger partial charge in [0.2, 0.25) is 0 Å². The number of hydrogen-bond donors (Lipinski definition) is 1. The minimum atomic E-state index is -0.219. The first kappa shape index (κ1) is 16.0. The number of aryl methyl sites for hydroxylation is 1. The standard InChI is InChI=1S/C17H20N4O3/c1-10-19-9-13(16(18)20-10)17(22)21-6-4-5-12-14(21)7-11(23-2)8-15(12)24-3/h7-9H,4-6H2,1-3H3,(H2,18,19,20). The van der Waals surface area contributed by atoms with E-state index in [2.05, 4.69) is 9.97 Å². The summed E-state index contributed by atoms with van der Waals surface area (Å²) in [5.74, 6) is 1.86. The summed E-state index contributed by atoms with van der Waals surface area (Å²) in [5.41, 5.74) is 7.98. The van der Waals surface area contributed by atoms with E-state index in [0.29, 0.717) is 23.7 Å². The SMILES string of the molecule is COc1cc(OC)c2c(c1)N(C(=O)c1cnc(C)nc1N)CCC2. The summed E-state index contributed by atoms with van der Waals surface area (Å²) in [6.07, 6.45) is 3.16. The Labute approximate surface area is 140 Å². The summed E-state index contributed by atoms with van der Waals surface area (Å²) in [5, 5.41) is 0. The summed E-state index contributed by atoms with van der Waals surface area (Å²) in [4.78, 5) is 22.8. The van der Waals surface area contributed by atoms with E-state index >= 15 is 0 Å². The van der Waals surface area contributed by atoms with Gasteiger partial charge in [0.05, 0.1) is 19.9 Å². The van der Waals surface area contributed by atoms with Gasteiger partial charge in [0, 0.05) is 30.4 Å². The number of amides is 1. The molecule has 2 heterocycles. The number of ether oxygens (including phenoxy) is 2. The van der Waals surface area contributed by atoms with E-state index in [9.17, 15) is 4.79 Å². The van der Waals surface area contributed by atoms with E-state index in [4.69, 9.17) is 15.2 Å². The summed E-state index contributed by atoms with van der Waals surface area (Å²) in [6.45, 7) is 2.33. The molecule has 0 unspecified atom stereocenters. The van der Waals surface area contributed by atoms with Gasteiger partial charge in [-0.2, -0.15) is 0 Å². The topological polar surface area (TPSA) is 90.6 Å². The van der Waals surface area contributed by atoms with Crippen molar-refractivity contribution in [3.05, 3.63) is 35.3 Å². The zero-order valence-corrected chi connectivity index (χ0v) is 14.0. The van der Waals surface area contributed by atoms with Crippen LogP contribution in [0.3, 0.4) is 0 Å². The van der Waals surface area contributed by atoms with E-state index < -0.39 is 0 Å². The normalized spacial score (nSPS) is 13.4. The van der Waals surface area contributed by atoms with Gasteiger partial charge < -0.3 is 20.1 Å². The molecule has 126 valence electrons. The molecule has 0 bridgehead atoms. The third kappa shape index (κ3) is 2.73. The van der Waals surface area contributed by atoms with Crippen molar-refractivity contribution in [3.63, 3.8) is 0 Å². The highest BCUT2D eigenvalue weighted by atomic mass is 16.5. The van der Waals surface area contributed by atoms with Gasteiger partial charge in [-0.15, -0.1) is 0 Å². The Kier molecular flexibility index (Phi) is 4.24. The number of benzene rings is 1. The van der Waals surface area contributed by atoms with Crippen LogP contribution in [0.1, 0.15) is 28.2 Å². The first-order valence-corrected chi connectivity index (χ1v) is 7.71. The van der Waals surface area contributed by atoms with Gasteiger partial charge in [0.1, 0.15) is 28.7 Å². The third-order valence-electron chi connectivity index (χ3n) is 4.13. The number of fused-ring (bicyclic) bond motifs is 1. The van der Waals surface area contributed by atoms with Crippen molar-refractivity contribution in [1.82, 2.24) is 9.97 Å². The van der Waals surface area contributed by atoms with Gasteiger partial charge in [-0.25, -0.2) is 9.97 Å². The Bertz CT molecular complexity index is 792. The summed E-state index contributed by atoms with van der Waals surface area (Å²) >= 11 is 0. The lowest BCUT2D eigenvalue weighted by Crippen LogP contribution is -2.36. The number of aromatic nitrogens is 2. The first-order chi connectivity index (χ1) is 11.5.